The average molecular weight is 741 g/mol. The van der Waals surface area contributed by atoms with E-state index in [1.54, 1.807) is 54.6 Å². The van der Waals surface area contributed by atoms with E-state index in [0.29, 0.717) is 25.2 Å². The SMILES string of the molecule is CC(C)C[C@H]1COc2ccccc2C(=O)N[C@H](C(=O)NCc2cccc(CN3CCOCC3)c2)CCC(=O)N[C@@H](c2ccccc2)C(=O)N(C)CC(=O)N1. The maximum absolute atomic E-state index is 13.8. The van der Waals surface area contributed by atoms with E-state index in [-0.39, 0.29) is 55.7 Å². The molecule has 13 nitrogen and oxygen atoms in total. The third-order valence-electron chi connectivity index (χ3n) is 9.38. The maximum atomic E-state index is 13.8. The number of morpholine rings is 1. The lowest BCUT2D eigenvalue weighted by atomic mass is 10.0. The highest BCUT2D eigenvalue weighted by Gasteiger charge is 2.30. The summed E-state index contributed by atoms with van der Waals surface area (Å²) in [5.41, 5.74) is 2.76. The van der Waals surface area contributed by atoms with Crippen molar-refractivity contribution in [2.45, 2.75) is 64.3 Å². The molecule has 1 fully saturated rings. The van der Waals surface area contributed by atoms with Crippen molar-refractivity contribution >= 4 is 29.5 Å². The third-order valence-corrected chi connectivity index (χ3v) is 9.38. The molecule has 0 spiro atoms. The number of hydrogen-bond donors (Lipinski definition) is 4. The van der Waals surface area contributed by atoms with E-state index in [0.717, 1.165) is 30.8 Å². The van der Waals surface area contributed by atoms with Crippen molar-refractivity contribution in [3.05, 3.63) is 101 Å². The summed E-state index contributed by atoms with van der Waals surface area (Å²) in [6, 6.07) is 20.9. The number of nitrogens with zero attached hydrogens (tertiary/aromatic N) is 2. The van der Waals surface area contributed by atoms with Gasteiger partial charge in [0.05, 0.1) is 31.4 Å². The second-order valence-electron chi connectivity index (χ2n) is 14.3. The third kappa shape index (κ3) is 11.9. The summed E-state index contributed by atoms with van der Waals surface area (Å²) in [5, 5.41) is 11.6. The zero-order chi connectivity index (χ0) is 38.5. The van der Waals surface area contributed by atoms with Crippen molar-refractivity contribution in [3.63, 3.8) is 0 Å². The van der Waals surface area contributed by atoms with Gasteiger partial charge in [-0.05, 0) is 47.6 Å². The Balaban J connectivity index is 1.38. The predicted octanol–water partition coefficient (Wildman–Crippen LogP) is 2.95. The zero-order valence-corrected chi connectivity index (χ0v) is 31.3. The summed E-state index contributed by atoms with van der Waals surface area (Å²) < 4.78 is 11.6. The Hall–Kier alpha value is -5.27. The normalized spacial score (nSPS) is 21.1. The summed E-state index contributed by atoms with van der Waals surface area (Å²) in [5.74, 6) is -1.89. The number of benzene rings is 3. The number of rotatable bonds is 8. The van der Waals surface area contributed by atoms with Crippen LogP contribution in [0.5, 0.6) is 5.75 Å². The van der Waals surface area contributed by atoms with Gasteiger partial charge in [0.15, 0.2) is 0 Å². The van der Waals surface area contributed by atoms with Crippen molar-refractivity contribution in [3.8, 4) is 5.75 Å². The summed E-state index contributed by atoms with van der Waals surface area (Å²) >= 11 is 0. The van der Waals surface area contributed by atoms with Crippen LogP contribution in [-0.4, -0.2) is 97.9 Å². The van der Waals surface area contributed by atoms with Crippen LogP contribution < -0.4 is 26.0 Å². The summed E-state index contributed by atoms with van der Waals surface area (Å²) in [4.78, 5) is 71.7. The molecule has 54 heavy (non-hydrogen) atoms. The van der Waals surface area contributed by atoms with E-state index in [4.69, 9.17) is 9.47 Å². The van der Waals surface area contributed by atoms with Gasteiger partial charge < -0.3 is 35.6 Å². The number of nitrogens with one attached hydrogen (secondary N) is 4. The van der Waals surface area contributed by atoms with Gasteiger partial charge in [-0.3, -0.25) is 28.9 Å². The molecule has 5 rings (SSSR count). The van der Waals surface area contributed by atoms with Gasteiger partial charge in [0.2, 0.25) is 23.6 Å². The molecular formula is C41H52N6O7. The van der Waals surface area contributed by atoms with Gasteiger partial charge in [-0.2, -0.15) is 0 Å². The van der Waals surface area contributed by atoms with Gasteiger partial charge in [0, 0.05) is 39.6 Å². The molecule has 3 aromatic carbocycles. The van der Waals surface area contributed by atoms with E-state index >= 15 is 0 Å². The minimum absolute atomic E-state index is 0.0477. The Morgan fingerprint density at radius 3 is 2.35 bits per heavy atom. The Morgan fingerprint density at radius 1 is 0.870 bits per heavy atom. The Kier molecular flexibility index (Phi) is 14.6. The topological polar surface area (TPSA) is 158 Å². The van der Waals surface area contributed by atoms with Crippen molar-refractivity contribution in [1.29, 1.82) is 0 Å². The van der Waals surface area contributed by atoms with Crippen LogP contribution in [0.2, 0.25) is 0 Å². The summed E-state index contributed by atoms with van der Waals surface area (Å²) in [6.45, 7) is 7.98. The number of carbonyl (C=O) groups is 5. The molecule has 1 saturated heterocycles. The van der Waals surface area contributed by atoms with Crippen LogP contribution in [0, 0.1) is 5.92 Å². The van der Waals surface area contributed by atoms with Crippen LogP contribution in [0.4, 0.5) is 0 Å². The number of ether oxygens (including phenoxy) is 2. The molecule has 0 aliphatic carbocycles. The minimum atomic E-state index is -1.09. The average Bonchev–Trinajstić information content (AvgIpc) is 3.16. The summed E-state index contributed by atoms with van der Waals surface area (Å²) in [7, 11) is 1.51. The molecule has 0 radical (unpaired) electrons. The Bertz CT molecular complexity index is 1750. The molecule has 13 heteroatoms. The van der Waals surface area contributed by atoms with Crippen LogP contribution >= 0.6 is 0 Å². The molecule has 0 unspecified atom stereocenters. The van der Waals surface area contributed by atoms with E-state index in [2.05, 4.69) is 32.2 Å². The van der Waals surface area contributed by atoms with Crippen LogP contribution in [0.3, 0.4) is 0 Å². The van der Waals surface area contributed by atoms with E-state index in [1.165, 1.54) is 11.9 Å². The second-order valence-corrected chi connectivity index (χ2v) is 14.3. The lowest BCUT2D eigenvalue weighted by Gasteiger charge is -2.27. The molecule has 2 aliphatic heterocycles. The quantitative estimate of drug-likeness (QED) is 0.275. The molecule has 3 aromatic rings. The first-order valence-corrected chi connectivity index (χ1v) is 18.6. The van der Waals surface area contributed by atoms with Crippen LogP contribution in [0.25, 0.3) is 0 Å². The molecule has 0 aromatic heterocycles. The van der Waals surface area contributed by atoms with Gasteiger partial charge in [0.1, 0.15) is 24.4 Å². The minimum Gasteiger partial charge on any atom is -0.491 e. The van der Waals surface area contributed by atoms with Gasteiger partial charge in [0.25, 0.3) is 5.91 Å². The van der Waals surface area contributed by atoms with Gasteiger partial charge in [-0.15, -0.1) is 0 Å². The van der Waals surface area contributed by atoms with Crippen molar-refractivity contribution in [2.24, 2.45) is 5.92 Å². The van der Waals surface area contributed by atoms with E-state index < -0.39 is 41.8 Å². The second kappa shape index (κ2) is 19.7. The first kappa shape index (κ1) is 39.9. The Morgan fingerprint density at radius 2 is 1.59 bits per heavy atom. The lowest BCUT2D eigenvalue weighted by molar-refractivity contribution is -0.138. The molecule has 2 aliphatic rings. The molecule has 288 valence electrons. The monoisotopic (exact) mass is 740 g/mol. The number of fused-ring (bicyclic) bond motifs is 1. The first-order valence-electron chi connectivity index (χ1n) is 18.6. The van der Waals surface area contributed by atoms with Crippen molar-refractivity contribution in [1.82, 2.24) is 31.1 Å². The van der Waals surface area contributed by atoms with Crippen LogP contribution in [-0.2, 0) is 37.0 Å². The smallest absolute Gasteiger partial charge is 0.255 e. The fourth-order valence-corrected chi connectivity index (χ4v) is 6.61. The molecule has 0 bridgehead atoms. The van der Waals surface area contributed by atoms with E-state index in [9.17, 15) is 24.0 Å². The molecule has 2 heterocycles. The fourth-order valence-electron chi connectivity index (χ4n) is 6.61. The highest BCUT2D eigenvalue weighted by atomic mass is 16.5. The highest BCUT2D eigenvalue weighted by Crippen LogP contribution is 2.21. The number of amides is 5. The molecule has 5 amide bonds. The number of para-hydroxylation sites is 1. The molecular weight excluding hydrogens is 688 g/mol. The van der Waals surface area contributed by atoms with Crippen LogP contribution in [0.15, 0.2) is 78.9 Å². The number of likely N-dealkylation sites (N-methyl/N-ethyl adjacent to an activating group) is 1. The molecule has 3 atom stereocenters. The largest absolute Gasteiger partial charge is 0.491 e. The van der Waals surface area contributed by atoms with Crippen molar-refractivity contribution in [2.75, 3.05) is 46.5 Å². The predicted molar refractivity (Wildman–Crippen MR) is 203 cm³/mol. The zero-order valence-electron chi connectivity index (χ0n) is 31.3. The Labute approximate surface area is 317 Å². The maximum Gasteiger partial charge on any atom is 0.255 e. The number of carbonyl (C=O) groups excluding carboxylic acids is 5. The number of hydrogen-bond acceptors (Lipinski definition) is 8. The molecule has 4 N–H and O–H groups in total. The standard InChI is InChI=1S/C41H52N6O7/c1-28(2)22-32-27-54-35-15-8-7-14-33(35)39(50)44-34(40(51)42-24-29-10-9-11-30(23-29)25-47-18-20-53-21-19-47)16-17-36(48)45-38(31-12-5-4-6-13-31)41(52)46(3)26-37(49)43-32/h4-15,23,28,32,34,38H,16-22,24-27H2,1-3H3,(H,42,51)(H,43,49)(H,44,50)(H,45,48)/t32-,34-,38-/m0/s1. The van der Waals surface area contributed by atoms with E-state index in [1.807, 2.05) is 32.0 Å². The lowest BCUT2D eigenvalue weighted by Crippen LogP contribution is -2.49. The van der Waals surface area contributed by atoms with Gasteiger partial charge in [-0.25, -0.2) is 0 Å². The van der Waals surface area contributed by atoms with Gasteiger partial charge >= 0.3 is 0 Å². The highest BCUT2D eigenvalue weighted by molar-refractivity contribution is 6.00. The fraction of sp³-hybridized carbons (Fsp3) is 0.439. The van der Waals surface area contributed by atoms with Crippen LogP contribution in [0.1, 0.15) is 66.2 Å². The molecule has 0 saturated carbocycles. The van der Waals surface area contributed by atoms with Crippen molar-refractivity contribution < 1.29 is 33.4 Å². The first-order chi connectivity index (χ1) is 26.0. The summed E-state index contributed by atoms with van der Waals surface area (Å²) in [6.07, 6.45) is 0.357. The van der Waals surface area contributed by atoms with Gasteiger partial charge in [-0.1, -0.05) is 80.6 Å².